The van der Waals surface area contributed by atoms with Gasteiger partial charge in [-0.3, -0.25) is 4.98 Å². The Morgan fingerprint density at radius 1 is 1.31 bits per heavy atom. The van der Waals surface area contributed by atoms with Crippen molar-refractivity contribution in [3.05, 3.63) is 54.2 Å². The summed E-state index contributed by atoms with van der Waals surface area (Å²) in [5.74, 6) is 1.00. The fraction of sp³-hybridized carbons (Fsp3) is 0.308. The zero-order valence-corrected chi connectivity index (χ0v) is 9.17. The van der Waals surface area contributed by atoms with Gasteiger partial charge < -0.3 is 10.2 Å². The van der Waals surface area contributed by atoms with Gasteiger partial charge in [-0.15, -0.1) is 0 Å². The average Bonchev–Trinajstić information content (AvgIpc) is 2.81. The fourth-order valence-corrected chi connectivity index (χ4v) is 1.71. The Labute approximate surface area is 95.3 Å². The summed E-state index contributed by atoms with van der Waals surface area (Å²) in [6, 6.07) is 8.04. The van der Waals surface area contributed by atoms with Crippen molar-refractivity contribution in [2.45, 2.75) is 25.3 Å². The Morgan fingerprint density at radius 3 is 2.94 bits per heavy atom. The summed E-state index contributed by atoms with van der Waals surface area (Å²) in [7, 11) is 0. The second kappa shape index (κ2) is 5.47. The molecule has 0 aliphatic rings. The maximum atomic E-state index is 6.05. The predicted octanol–water partition coefficient (Wildman–Crippen LogP) is 2.18. The number of rotatable bonds is 5. The molecule has 0 fully saturated rings. The number of nitrogens with two attached hydrogens (primary N) is 1. The molecule has 0 bridgehead atoms. The van der Waals surface area contributed by atoms with Crippen LogP contribution in [0, 0.1) is 0 Å². The van der Waals surface area contributed by atoms with Gasteiger partial charge in [0.2, 0.25) is 0 Å². The van der Waals surface area contributed by atoms with Gasteiger partial charge in [-0.25, -0.2) is 0 Å². The lowest BCUT2D eigenvalue weighted by Gasteiger charge is -2.09. The minimum absolute atomic E-state index is 0.161. The van der Waals surface area contributed by atoms with E-state index >= 15 is 0 Å². The highest BCUT2D eigenvalue weighted by atomic mass is 16.3. The summed E-state index contributed by atoms with van der Waals surface area (Å²) < 4.78 is 5.27. The van der Waals surface area contributed by atoms with Crippen LogP contribution in [0.5, 0.6) is 0 Å². The Morgan fingerprint density at radius 2 is 2.25 bits per heavy atom. The van der Waals surface area contributed by atoms with Crippen LogP contribution in [0.4, 0.5) is 0 Å². The summed E-state index contributed by atoms with van der Waals surface area (Å²) in [6.07, 6.45) is 8.04. The third-order valence-corrected chi connectivity index (χ3v) is 2.56. The Balaban J connectivity index is 1.78. The highest BCUT2D eigenvalue weighted by Crippen LogP contribution is 2.08. The van der Waals surface area contributed by atoms with Gasteiger partial charge in [0, 0.05) is 24.9 Å². The molecule has 0 saturated heterocycles. The van der Waals surface area contributed by atoms with Crippen LogP contribution in [0.15, 0.2) is 47.3 Å². The zero-order chi connectivity index (χ0) is 11.2. The van der Waals surface area contributed by atoms with Crippen molar-refractivity contribution in [3.8, 4) is 0 Å². The first kappa shape index (κ1) is 10.9. The fourth-order valence-electron chi connectivity index (χ4n) is 1.71. The van der Waals surface area contributed by atoms with E-state index in [0.29, 0.717) is 0 Å². The van der Waals surface area contributed by atoms with Gasteiger partial charge in [0.05, 0.1) is 6.26 Å². The molecular formula is C13H16N2O. The number of nitrogens with zero attached hydrogens (tertiary/aromatic N) is 1. The Hall–Kier alpha value is -1.61. The van der Waals surface area contributed by atoms with Crippen LogP contribution in [-0.4, -0.2) is 11.0 Å². The van der Waals surface area contributed by atoms with Gasteiger partial charge in [-0.05, 0) is 36.6 Å². The molecular weight excluding hydrogens is 200 g/mol. The monoisotopic (exact) mass is 216 g/mol. The molecule has 0 aromatic carbocycles. The highest BCUT2D eigenvalue weighted by Gasteiger charge is 2.05. The van der Waals surface area contributed by atoms with Crippen molar-refractivity contribution >= 4 is 0 Å². The van der Waals surface area contributed by atoms with E-state index in [2.05, 4.69) is 11.1 Å². The topological polar surface area (TPSA) is 52.0 Å². The third kappa shape index (κ3) is 3.21. The summed E-state index contributed by atoms with van der Waals surface area (Å²) in [6.45, 7) is 0. The summed E-state index contributed by atoms with van der Waals surface area (Å²) in [4.78, 5) is 4.07. The Bertz CT molecular complexity index is 397. The van der Waals surface area contributed by atoms with E-state index in [0.717, 1.165) is 25.0 Å². The van der Waals surface area contributed by atoms with Crippen molar-refractivity contribution in [1.29, 1.82) is 0 Å². The van der Waals surface area contributed by atoms with Crippen LogP contribution >= 0.6 is 0 Å². The molecule has 3 nitrogen and oxygen atoms in total. The van der Waals surface area contributed by atoms with Crippen molar-refractivity contribution in [2.24, 2.45) is 5.73 Å². The first-order valence-electron chi connectivity index (χ1n) is 5.51. The first-order chi connectivity index (χ1) is 7.84. The molecule has 0 saturated carbocycles. The quantitative estimate of drug-likeness (QED) is 0.833. The molecule has 2 rings (SSSR count). The minimum Gasteiger partial charge on any atom is -0.469 e. The van der Waals surface area contributed by atoms with Crippen LogP contribution in [0.2, 0.25) is 0 Å². The largest absolute Gasteiger partial charge is 0.469 e. The van der Waals surface area contributed by atoms with E-state index < -0.39 is 0 Å². The van der Waals surface area contributed by atoms with E-state index in [4.69, 9.17) is 10.2 Å². The summed E-state index contributed by atoms with van der Waals surface area (Å²) >= 11 is 0. The van der Waals surface area contributed by atoms with Crippen LogP contribution < -0.4 is 5.73 Å². The van der Waals surface area contributed by atoms with Gasteiger partial charge in [-0.2, -0.15) is 0 Å². The predicted molar refractivity (Wildman–Crippen MR) is 62.9 cm³/mol. The second-order valence-corrected chi connectivity index (χ2v) is 3.94. The number of hydrogen-bond acceptors (Lipinski definition) is 3. The number of pyridine rings is 1. The molecule has 1 atom stereocenters. The maximum absolute atomic E-state index is 6.05. The van der Waals surface area contributed by atoms with Gasteiger partial charge in [-0.1, -0.05) is 6.07 Å². The smallest absolute Gasteiger partial charge is 0.103 e. The molecule has 0 aliphatic carbocycles. The lowest BCUT2D eigenvalue weighted by atomic mass is 10.0. The molecule has 2 heterocycles. The maximum Gasteiger partial charge on any atom is 0.103 e. The molecule has 0 aliphatic heterocycles. The van der Waals surface area contributed by atoms with E-state index in [-0.39, 0.29) is 6.04 Å². The van der Waals surface area contributed by atoms with Crippen molar-refractivity contribution in [2.75, 3.05) is 0 Å². The standard InChI is InChI=1S/C13H16N2O/c14-12(5-6-13-4-2-8-16-13)9-11-3-1-7-15-10-11/h1-4,7-8,10,12H,5-6,9,14H2. The van der Waals surface area contributed by atoms with Crippen LogP contribution in [0.25, 0.3) is 0 Å². The van der Waals surface area contributed by atoms with Crippen LogP contribution in [-0.2, 0) is 12.8 Å². The molecule has 16 heavy (non-hydrogen) atoms. The van der Waals surface area contributed by atoms with E-state index in [1.54, 1.807) is 12.5 Å². The lowest BCUT2D eigenvalue weighted by molar-refractivity contribution is 0.484. The minimum atomic E-state index is 0.161. The van der Waals surface area contributed by atoms with Crippen LogP contribution in [0.3, 0.4) is 0 Å². The molecule has 3 heteroatoms. The number of aromatic nitrogens is 1. The van der Waals surface area contributed by atoms with Crippen molar-refractivity contribution in [3.63, 3.8) is 0 Å². The highest BCUT2D eigenvalue weighted by molar-refractivity contribution is 5.10. The first-order valence-corrected chi connectivity index (χ1v) is 5.51. The number of aryl methyl sites for hydroxylation is 1. The van der Waals surface area contributed by atoms with Crippen molar-refractivity contribution in [1.82, 2.24) is 4.98 Å². The van der Waals surface area contributed by atoms with E-state index in [1.807, 2.05) is 24.4 Å². The molecule has 0 radical (unpaired) electrons. The molecule has 0 amide bonds. The average molecular weight is 216 g/mol. The summed E-state index contributed by atoms with van der Waals surface area (Å²) in [5, 5.41) is 0. The van der Waals surface area contributed by atoms with E-state index in [1.165, 1.54) is 5.56 Å². The molecule has 84 valence electrons. The van der Waals surface area contributed by atoms with Gasteiger partial charge in [0.15, 0.2) is 0 Å². The van der Waals surface area contributed by atoms with Crippen LogP contribution in [0.1, 0.15) is 17.7 Å². The van der Waals surface area contributed by atoms with Gasteiger partial charge >= 0.3 is 0 Å². The molecule has 1 unspecified atom stereocenters. The molecule has 2 N–H and O–H groups in total. The van der Waals surface area contributed by atoms with Gasteiger partial charge in [0.1, 0.15) is 5.76 Å². The lowest BCUT2D eigenvalue weighted by Crippen LogP contribution is -2.23. The second-order valence-electron chi connectivity index (χ2n) is 3.94. The zero-order valence-electron chi connectivity index (χ0n) is 9.17. The Kier molecular flexibility index (Phi) is 3.72. The number of furan rings is 1. The third-order valence-electron chi connectivity index (χ3n) is 2.56. The molecule has 2 aromatic heterocycles. The van der Waals surface area contributed by atoms with E-state index in [9.17, 15) is 0 Å². The summed E-state index contributed by atoms with van der Waals surface area (Å²) in [5.41, 5.74) is 7.24. The SMILES string of the molecule is NC(CCc1ccco1)Cc1cccnc1. The van der Waals surface area contributed by atoms with Gasteiger partial charge in [0.25, 0.3) is 0 Å². The molecule has 0 spiro atoms. The normalized spacial score (nSPS) is 12.6. The number of hydrogen-bond donors (Lipinski definition) is 1. The molecule has 2 aromatic rings. The van der Waals surface area contributed by atoms with Crippen molar-refractivity contribution < 1.29 is 4.42 Å².